The van der Waals surface area contributed by atoms with E-state index in [-0.39, 0.29) is 16.9 Å². The molecule has 3 rings (SSSR count). The lowest BCUT2D eigenvalue weighted by Gasteiger charge is -2.23. The van der Waals surface area contributed by atoms with Crippen molar-refractivity contribution < 1.29 is 13.2 Å². The molecule has 9 heteroatoms. The largest absolute Gasteiger partial charge is 0.381 e. The van der Waals surface area contributed by atoms with Crippen molar-refractivity contribution in [3.8, 4) is 0 Å². The Morgan fingerprint density at radius 2 is 2.43 bits per heavy atom. The SMILES string of the molecule is CCN(CC1CCCO1)S(=O)(=O)c1c(N)nc2sccn12. The summed E-state index contributed by atoms with van der Waals surface area (Å²) in [6.07, 6.45) is 3.51. The van der Waals surface area contributed by atoms with Crippen LogP contribution in [0.4, 0.5) is 5.82 Å². The van der Waals surface area contributed by atoms with Gasteiger partial charge in [-0.05, 0) is 12.8 Å². The van der Waals surface area contributed by atoms with Gasteiger partial charge < -0.3 is 10.5 Å². The smallest absolute Gasteiger partial charge is 0.262 e. The molecule has 2 aromatic heterocycles. The second-order valence-electron chi connectivity index (χ2n) is 4.95. The first kappa shape index (κ1) is 14.8. The van der Waals surface area contributed by atoms with Crippen molar-refractivity contribution in [3.63, 3.8) is 0 Å². The average Bonchev–Trinajstić information content (AvgIpc) is 3.11. The maximum atomic E-state index is 12.9. The third-order valence-corrected chi connectivity index (χ3v) is 6.35. The number of anilines is 1. The summed E-state index contributed by atoms with van der Waals surface area (Å²) < 4.78 is 34.3. The molecule has 0 saturated carbocycles. The number of aromatic nitrogens is 2. The fraction of sp³-hybridized carbons (Fsp3) is 0.583. The Labute approximate surface area is 127 Å². The number of nitrogens with two attached hydrogens (primary N) is 1. The van der Waals surface area contributed by atoms with Gasteiger partial charge in [-0.1, -0.05) is 6.92 Å². The minimum absolute atomic E-state index is 0.0353. The van der Waals surface area contributed by atoms with Gasteiger partial charge in [-0.3, -0.25) is 4.40 Å². The number of hydrogen-bond donors (Lipinski definition) is 1. The first-order valence-corrected chi connectivity index (χ1v) is 9.18. The lowest BCUT2D eigenvalue weighted by molar-refractivity contribution is 0.0946. The van der Waals surface area contributed by atoms with Gasteiger partial charge in [-0.25, -0.2) is 13.4 Å². The van der Waals surface area contributed by atoms with E-state index in [2.05, 4.69) is 4.98 Å². The summed E-state index contributed by atoms with van der Waals surface area (Å²) in [5, 5.41) is 1.84. The molecule has 0 aromatic carbocycles. The normalized spacial score (nSPS) is 19.8. The number of nitrogens with zero attached hydrogens (tertiary/aromatic N) is 3. The number of hydrogen-bond acceptors (Lipinski definition) is 6. The van der Waals surface area contributed by atoms with Gasteiger partial charge in [-0.15, -0.1) is 11.3 Å². The summed E-state index contributed by atoms with van der Waals surface area (Å²) in [5.41, 5.74) is 5.82. The van der Waals surface area contributed by atoms with Crippen LogP contribution in [-0.4, -0.2) is 47.9 Å². The van der Waals surface area contributed by atoms with Gasteiger partial charge in [0.2, 0.25) is 0 Å². The summed E-state index contributed by atoms with van der Waals surface area (Å²) in [6.45, 7) is 3.25. The molecule has 1 saturated heterocycles. The highest BCUT2D eigenvalue weighted by molar-refractivity contribution is 7.89. The van der Waals surface area contributed by atoms with E-state index in [0.717, 1.165) is 12.8 Å². The monoisotopic (exact) mass is 330 g/mol. The van der Waals surface area contributed by atoms with Crippen LogP contribution in [0.1, 0.15) is 19.8 Å². The van der Waals surface area contributed by atoms with Crippen molar-refractivity contribution in [2.24, 2.45) is 0 Å². The number of nitrogen functional groups attached to an aromatic ring is 1. The summed E-state index contributed by atoms with van der Waals surface area (Å²) >= 11 is 1.35. The molecule has 2 aromatic rings. The molecule has 1 aliphatic heterocycles. The Morgan fingerprint density at radius 3 is 3.10 bits per heavy atom. The molecule has 0 spiro atoms. The molecular formula is C12H18N4O3S2. The van der Waals surface area contributed by atoms with Crippen LogP contribution in [0.25, 0.3) is 4.96 Å². The Morgan fingerprint density at radius 1 is 1.62 bits per heavy atom. The van der Waals surface area contributed by atoms with Crippen LogP contribution in [-0.2, 0) is 14.8 Å². The van der Waals surface area contributed by atoms with Gasteiger partial charge in [0.25, 0.3) is 10.0 Å². The molecule has 116 valence electrons. The molecule has 21 heavy (non-hydrogen) atoms. The number of fused-ring (bicyclic) bond motifs is 1. The summed E-state index contributed by atoms with van der Waals surface area (Å²) in [4.78, 5) is 4.69. The zero-order chi connectivity index (χ0) is 15.0. The minimum Gasteiger partial charge on any atom is -0.381 e. The van der Waals surface area contributed by atoms with Gasteiger partial charge >= 0.3 is 0 Å². The second kappa shape index (κ2) is 5.56. The first-order valence-electron chi connectivity index (χ1n) is 6.86. The third-order valence-electron chi connectivity index (χ3n) is 3.61. The second-order valence-corrected chi connectivity index (χ2v) is 7.67. The van der Waals surface area contributed by atoms with Crippen LogP contribution >= 0.6 is 11.3 Å². The number of imidazole rings is 1. The molecule has 1 fully saturated rings. The van der Waals surface area contributed by atoms with Crippen molar-refractivity contribution in [2.45, 2.75) is 30.9 Å². The van der Waals surface area contributed by atoms with Crippen LogP contribution in [0.2, 0.25) is 0 Å². The van der Waals surface area contributed by atoms with E-state index >= 15 is 0 Å². The minimum atomic E-state index is -3.69. The topological polar surface area (TPSA) is 89.9 Å². The van der Waals surface area contributed by atoms with Gasteiger partial charge in [0.1, 0.15) is 0 Å². The molecule has 7 nitrogen and oxygen atoms in total. The van der Waals surface area contributed by atoms with E-state index in [0.29, 0.717) is 24.7 Å². The molecule has 0 radical (unpaired) electrons. The highest BCUT2D eigenvalue weighted by Crippen LogP contribution is 2.27. The van der Waals surface area contributed by atoms with Crippen LogP contribution in [0.5, 0.6) is 0 Å². The number of sulfonamides is 1. The van der Waals surface area contributed by atoms with Crippen molar-refractivity contribution in [3.05, 3.63) is 11.6 Å². The standard InChI is InChI=1S/C12H18N4O3S2/c1-2-15(8-9-4-3-6-19-9)21(17,18)11-10(13)14-12-16(11)5-7-20-12/h5,7,9H,2-4,6,8,13H2,1H3. The number of likely N-dealkylation sites (N-methyl/N-ethyl adjacent to an activating group) is 1. The lowest BCUT2D eigenvalue weighted by atomic mass is 10.2. The van der Waals surface area contributed by atoms with Crippen molar-refractivity contribution in [2.75, 3.05) is 25.4 Å². The molecule has 0 amide bonds. The highest BCUT2D eigenvalue weighted by Gasteiger charge is 2.32. The van der Waals surface area contributed by atoms with Crippen LogP contribution in [0.15, 0.2) is 16.6 Å². The zero-order valence-electron chi connectivity index (χ0n) is 11.7. The molecular weight excluding hydrogens is 312 g/mol. The first-order chi connectivity index (χ1) is 10.0. The van der Waals surface area contributed by atoms with Gasteiger partial charge in [0.05, 0.1) is 6.10 Å². The van der Waals surface area contributed by atoms with Crippen molar-refractivity contribution in [1.29, 1.82) is 0 Å². The number of rotatable bonds is 5. The number of ether oxygens (including phenoxy) is 1. The van der Waals surface area contributed by atoms with Crippen molar-refractivity contribution >= 4 is 32.1 Å². The molecule has 1 atom stereocenters. The summed E-state index contributed by atoms with van der Waals surface area (Å²) in [5.74, 6) is 0.0487. The zero-order valence-corrected chi connectivity index (χ0v) is 13.4. The Bertz CT molecular complexity index is 731. The molecule has 0 bridgehead atoms. The number of thiazole rings is 1. The van der Waals surface area contributed by atoms with Crippen LogP contribution in [0.3, 0.4) is 0 Å². The van der Waals surface area contributed by atoms with E-state index in [1.54, 1.807) is 11.6 Å². The third kappa shape index (κ3) is 2.54. The fourth-order valence-electron chi connectivity index (χ4n) is 2.57. The Hall–Kier alpha value is -1.16. The maximum Gasteiger partial charge on any atom is 0.262 e. The quantitative estimate of drug-likeness (QED) is 0.889. The van der Waals surface area contributed by atoms with E-state index in [4.69, 9.17) is 10.5 Å². The van der Waals surface area contributed by atoms with Gasteiger partial charge in [0, 0.05) is 31.3 Å². The fourth-order valence-corrected chi connectivity index (χ4v) is 5.00. The van der Waals surface area contributed by atoms with Crippen LogP contribution in [0, 0.1) is 0 Å². The molecule has 1 unspecified atom stereocenters. The maximum absolute atomic E-state index is 12.9. The molecule has 0 aliphatic carbocycles. The van der Waals surface area contributed by atoms with Gasteiger partial charge in [-0.2, -0.15) is 4.31 Å². The Kier molecular flexibility index (Phi) is 3.91. The molecule has 1 aliphatic rings. The Balaban J connectivity index is 1.97. The molecule has 3 heterocycles. The lowest BCUT2D eigenvalue weighted by Crippen LogP contribution is -2.38. The van der Waals surface area contributed by atoms with Crippen LogP contribution < -0.4 is 5.73 Å². The molecule has 2 N–H and O–H groups in total. The van der Waals surface area contributed by atoms with Crippen molar-refractivity contribution in [1.82, 2.24) is 13.7 Å². The summed E-state index contributed by atoms with van der Waals surface area (Å²) in [7, 11) is -3.69. The summed E-state index contributed by atoms with van der Waals surface area (Å²) in [6, 6.07) is 0. The van der Waals surface area contributed by atoms with E-state index < -0.39 is 10.0 Å². The van der Waals surface area contributed by atoms with Gasteiger partial charge in [0.15, 0.2) is 15.8 Å². The van der Waals surface area contributed by atoms with E-state index in [9.17, 15) is 8.42 Å². The highest BCUT2D eigenvalue weighted by atomic mass is 32.2. The average molecular weight is 330 g/mol. The van der Waals surface area contributed by atoms with E-state index in [1.165, 1.54) is 20.0 Å². The predicted molar refractivity (Wildman–Crippen MR) is 80.9 cm³/mol. The van der Waals surface area contributed by atoms with E-state index in [1.807, 2.05) is 6.92 Å². The predicted octanol–water partition coefficient (Wildman–Crippen LogP) is 1.17.